The lowest BCUT2D eigenvalue weighted by molar-refractivity contribution is -0.144. The lowest BCUT2D eigenvalue weighted by atomic mass is 10.1. The van der Waals surface area contributed by atoms with Gasteiger partial charge in [-0.1, -0.05) is 37.8 Å². The summed E-state index contributed by atoms with van der Waals surface area (Å²) in [7, 11) is 0. The Morgan fingerprint density at radius 3 is 1.50 bits per heavy atom. The molecule has 0 saturated carbocycles. The maximum Gasteiger partial charge on any atom is 0.305 e. The van der Waals surface area contributed by atoms with Crippen LogP contribution in [0.5, 0.6) is 0 Å². The molecule has 0 radical (unpaired) electrons. The fraction of sp³-hybridized carbons (Fsp3) is 0.545. The van der Waals surface area contributed by atoms with Gasteiger partial charge in [0.05, 0.1) is 13.2 Å². The molecule has 0 saturated heterocycles. The Hall–Kier alpha value is -1.66. The summed E-state index contributed by atoms with van der Waals surface area (Å²) in [6.45, 7) is 0.950. The van der Waals surface area contributed by atoms with E-state index in [2.05, 4.69) is 12.1 Å². The molecule has 2 heterocycles. The zero-order chi connectivity index (χ0) is 19.9. The second-order valence-corrected chi connectivity index (χ2v) is 8.79. The molecule has 0 N–H and O–H groups in total. The van der Waals surface area contributed by atoms with Crippen molar-refractivity contribution in [2.24, 2.45) is 0 Å². The van der Waals surface area contributed by atoms with Crippen LogP contribution in [0.25, 0.3) is 0 Å². The Bertz CT molecular complexity index is 592. The van der Waals surface area contributed by atoms with Gasteiger partial charge in [0.1, 0.15) is 0 Å². The van der Waals surface area contributed by atoms with E-state index in [1.807, 2.05) is 22.9 Å². The van der Waals surface area contributed by atoms with Crippen molar-refractivity contribution >= 4 is 34.6 Å². The van der Waals surface area contributed by atoms with Crippen LogP contribution in [0, 0.1) is 0 Å². The largest absolute Gasteiger partial charge is 0.465 e. The number of carbonyl (C=O) groups is 2. The molecule has 0 aliphatic heterocycles. The number of ether oxygens (including phenoxy) is 2. The lowest BCUT2D eigenvalue weighted by Crippen LogP contribution is -2.07. The first kappa shape index (κ1) is 22.6. The van der Waals surface area contributed by atoms with Crippen LogP contribution in [0.3, 0.4) is 0 Å². The smallest absolute Gasteiger partial charge is 0.305 e. The minimum absolute atomic E-state index is 0.0955. The first-order valence-electron chi connectivity index (χ1n) is 10.1. The average Bonchev–Trinajstić information content (AvgIpc) is 3.38. The average molecular weight is 423 g/mol. The van der Waals surface area contributed by atoms with Gasteiger partial charge in [0, 0.05) is 35.4 Å². The van der Waals surface area contributed by atoms with Gasteiger partial charge >= 0.3 is 11.9 Å². The number of rotatable bonds is 15. The SMILES string of the molecule is O=C(CCCCCCCCC(=O)OCCc1cccs1)OCCc1cccs1. The monoisotopic (exact) mass is 422 g/mol. The van der Waals surface area contributed by atoms with Crippen molar-refractivity contribution < 1.29 is 19.1 Å². The summed E-state index contributed by atoms with van der Waals surface area (Å²) < 4.78 is 10.5. The van der Waals surface area contributed by atoms with Crippen LogP contribution in [0.1, 0.15) is 61.1 Å². The van der Waals surface area contributed by atoms with Crippen LogP contribution in [0.2, 0.25) is 0 Å². The van der Waals surface area contributed by atoms with Crippen molar-refractivity contribution in [3.05, 3.63) is 44.8 Å². The van der Waals surface area contributed by atoms with Gasteiger partial charge in [0.2, 0.25) is 0 Å². The maximum atomic E-state index is 11.7. The van der Waals surface area contributed by atoms with Crippen LogP contribution in [0.15, 0.2) is 35.0 Å². The fourth-order valence-electron chi connectivity index (χ4n) is 2.83. The molecule has 0 atom stereocenters. The van der Waals surface area contributed by atoms with E-state index in [0.29, 0.717) is 26.1 Å². The van der Waals surface area contributed by atoms with Gasteiger partial charge < -0.3 is 9.47 Å². The van der Waals surface area contributed by atoms with Crippen molar-refractivity contribution in [1.29, 1.82) is 0 Å². The summed E-state index contributed by atoms with van der Waals surface area (Å²) in [5.41, 5.74) is 0. The van der Waals surface area contributed by atoms with Gasteiger partial charge in [-0.3, -0.25) is 9.59 Å². The van der Waals surface area contributed by atoms with E-state index < -0.39 is 0 Å². The van der Waals surface area contributed by atoms with E-state index in [1.54, 1.807) is 22.7 Å². The molecule has 28 heavy (non-hydrogen) atoms. The molecule has 2 rings (SSSR count). The second kappa shape index (κ2) is 14.4. The van der Waals surface area contributed by atoms with Gasteiger partial charge in [0.15, 0.2) is 0 Å². The van der Waals surface area contributed by atoms with Crippen molar-refractivity contribution in [2.75, 3.05) is 13.2 Å². The van der Waals surface area contributed by atoms with Crippen molar-refractivity contribution in [3.63, 3.8) is 0 Å². The number of esters is 2. The standard InChI is InChI=1S/C22H30O4S2/c23-21(25-15-13-19-9-7-17-27-19)11-5-3-1-2-4-6-12-22(24)26-16-14-20-10-8-18-28-20/h7-10,17-18H,1-6,11-16H2. The molecule has 0 spiro atoms. The quantitative estimate of drug-likeness (QED) is 0.269. The molecule has 0 bridgehead atoms. The Morgan fingerprint density at radius 1 is 0.679 bits per heavy atom. The molecule has 2 aromatic heterocycles. The third-order valence-corrected chi connectivity index (χ3v) is 6.27. The predicted octanol–water partition coefficient (Wildman–Crippen LogP) is 5.80. The van der Waals surface area contributed by atoms with Gasteiger partial charge in [-0.25, -0.2) is 0 Å². The molecule has 6 heteroatoms. The minimum Gasteiger partial charge on any atom is -0.465 e. The molecular formula is C22H30O4S2. The molecule has 2 aromatic rings. The van der Waals surface area contributed by atoms with E-state index in [-0.39, 0.29) is 11.9 Å². The summed E-state index contributed by atoms with van der Waals surface area (Å²) in [4.78, 5) is 25.8. The molecule has 0 unspecified atom stereocenters. The first-order valence-corrected chi connectivity index (χ1v) is 11.9. The Labute approximate surface area is 175 Å². The van der Waals surface area contributed by atoms with Gasteiger partial charge in [-0.05, 0) is 35.7 Å². The summed E-state index contributed by atoms with van der Waals surface area (Å²) in [5.74, 6) is -0.191. The number of thiophene rings is 2. The Kier molecular flexibility index (Phi) is 11.6. The van der Waals surface area contributed by atoms with Crippen LogP contribution < -0.4 is 0 Å². The molecule has 0 aliphatic rings. The van der Waals surface area contributed by atoms with E-state index >= 15 is 0 Å². The normalized spacial score (nSPS) is 10.7. The number of carbonyl (C=O) groups excluding carboxylic acids is 2. The minimum atomic E-state index is -0.0955. The van der Waals surface area contributed by atoms with Crippen LogP contribution >= 0.6 is 22.7 Å². The summed E-state index contributed by atoms with van der Waals surface area (Å²) in [6.07, 6.45) is 8.62. The third kappa shape index (κ3) is 10.6. The molecule has 0 aliphatic carbocycles. The van der Waals surface area contributed by atoms with Crippen molar-refractivity contribution in [3.8, 4) is 0 Å². The van der Waals surface area contributed by atoms with Crippen molar-refractivity contribution in [1.82, 2.24) is 0 Å². The zero-order valence-corrected chi connectivity index (χ0v) is 18.0. The summed E-state index contributed by atoms with van der Waals surface area (Å²) in [5, 5.41) is 4.07. The highest BCUT2D eigenvalue weighted by Gasteiger charge is 2.05. The van der Waals surface area contributed by atoms with Crippen LogP contribution in [-0.2, 0) is 31.9 Å². The van der Waals surface area contributed by atoms with E-state index in [4.69, 9.17) is 9.47 Å². The molecule has 4 nitrogen and oxygen atoms in total. The molecule has 0 fully saturated rings. The fourth-order valence-corrected chi connectivity index (χ4v) is 4.21. The van der Waals surface area contributed by atoms with Crippen LogP contribution in [0.4, 0.5) is 0 Å². The van der Waals surface area contributed by atoms with E-state index in [1.165, 1.54) is 9.75 Å². The Morgan fingerprint density at radius 2 is 1.11 bits per heavy atom. The number of hydrogen-bond acceptors (Lipinski definition) is 6. The molecule has 0 aromatic carbocycles. The highest BCUT2D eigenvalue weighted by molar-refractivity contribution is 7.10. The third-order valence-electron chi connectivity index (χ3n) is 4.40. The molecular weight excluding hydrogens is 392 g/mol. The Balaban J connectivity index is 1.33. The lowest BCUT2D eigenvalue weighted by Gasteiger charge is -2.05. The zero-order valence-electron chi connectivity index (χ0n) is 16.4. The highest BCUT2D eigenvalue weighted by Crippen LogP contribution is 2.12. The number of unbranched alkanes of at least 4 members (excludes halogenated alkanes) is 5. The topological polar surface area (TPSA) is 52.6 Å². The molecule has 154 valence electrons. The predicted molar refractivity (Wildman–Crippen MR) is 115 cm³/mol. The number of hydrogen-bond donors (Lipinski definition) is 0. The van der Waals surface area contributed by atoms with E-state index in [9.17, 15) is 9.59 Å². The highest BCUT2D eigenvalue weighted by atomic mass is 32.1. The summed E-state index contributed by atoms with van der Waals surface area (Å²) in [6, 6.07) is 8.14. The van der Waals surface area contributed by atoms with Crippen molar-refractivity contribution in [2.45, 2.75) is 64.2 Å². The van der Waals surface area contributed by atoms with Crippen LogP contribution in [-0.4, -0.2) is 25.2 Å². The maximum absolute atomic E-state index is 11.7. The second-order valence-electron chi connectivity index (χ2n) is 6.72. The first-order chi connectivity index (χ1) is 13.7. The van der Waals surface area contributed by atoms with Gasteiger partial charge in [-0.2, -0.15) is 0 Å². The van der Waals surface area contributed by atoms with E-state index in [0.717, 1.165) is 51.4 Å². The van der Waals surface area contributed by atoms with Gasteiger partial charge in [0.25, 0.3) is 0 Å². The summed E-state index contributed by atoms with van der Waals surface area (Å²) >= 11 is 3.38. The van der Waals surface area contributed by atoms with Gasteiger partial charge in [-0.15, -0.1) is 22.7 Å². The molecule has 0 amide bonds.